The molecule has 0 bridgehead atoms. The van der Waals surface area contributed by atoms with Crippen LogP contribution in [0.2, 0.25) is 0 Å². The molecule has 3 atom stereocenters. The predicted molar refractivity (Wildman–Crippen MR) is 51.0 cm³/mol. The van der Waals surface area contributed by atoms with E-state index in [4.69, 9.17) is 0 Å². The first kappa shape index (κ1) is 10.0. The summed E-state index contributed by atoms with van der Waals surface area (Å²) in [5.74, 6) is 1.19. The number of aliphatic hydroxyl groups is 1. The van der Waals surface area contributed by atoms with Gasteiger partial charge in [0.2, 0.25) is 0 Å². The maximum absolute atomic E-state index is 9.84. The molecule has 2 heteroatoms. The van der Waals surface area contributed by atoms with Gasteiger partial charge in [0.1, 0.15) is 0 Å². The molecule has 1 heterocycles. The van der Waals surface area contributed by atoms with Crippen LogP contribution in [-0.2, 0) is 0 Å². The summed E-state index contributed by atoms with van der Waals surface area (Å²) < 4.78 is 0. The lowest BCUT2D eigenvalue weighted by Crippen LogP contribution is -2.51. The Morgan fingerprint density at radius 2 is 2.00 bits per heavy atom. The molecule has 1 rings (SSSR count). The van der Waals surface area contributed by atoms with Crippen LogP contribution in [0.5, 0.6) is 0 Å². The number of hydrogen-bond acceptors (Lipinski definition) is 2. The van der Waals surface area contributed by atoms with Crippen LogP contribution in [0.15, 0.2) is 0 Å². The molecule has 0 aromatic rings. The summed E-state index contributed by atoms with van der Waals surface area (Å²) in [4.78, 5) is 2.30. The van der Waals surface area contributed by atoms with E-state index in [2.05, 4.69) is 32.7 Å². The lowest BCUT2D eigenvalue weighted by Gasteiger charge is -2.41. The second kappa shape index (κ2) is 3.75. The number of likely N-dealkylation sites (N-methyl/N-ethyl adjacent to an activating group) is 1. The third kappa shape index (κ3) is 1.99. The van der Waals surface area contributed by atoms with Crippen molar-refractivity contribution in [2.75, 3.05) is 13.6 Å². The molecule has 1 aliphatic heterocycles. The molecular formula is C10H21NO. The first-order chi connectivity index (χ1) is 5.52. The van der Waals surface area contributed by atoms with Crippen molar-refractivity contribution in [1.29, 1.82) is 0 Å². The van der Waals surface area contributed by atoms with Gasteiger partial charge in [0.25, 0.3) is 0 Å². The fourth-order valence-corrected chi connectivity index (χ4v) is 2.49. The van der Waals surface area contributed by atoms with E-state index in [1.807, 2.05) is 0 Å². The molecule has 0 unspecified atom stereocenters. The topological polar surface area (TPSA) is 23.5 Å². The minimum Gasteiger partial charge on any atom is -0.391 e. The first-order valence-electron chi connectivity index (χ1n) is 4.90. The molecule has 0 aromatic carbocycles. The van der Waals surface area contributed by atoms with Crippen molar-refractivity contribution in [2.24, 2.45) is 11.8 Å². The van der Waals surface area contributed by atoms with Gasteiger partial charge < -0.3 is 10.0 Å². The summed E-state index contributed by atoms with van der Waals surface area (Å²) in [5.41, 5.74) is 0. The van der Waals surface area contributed by atoms with Gasteiger partial charge in [0.15, 0.2) is 0 Å². The standard InChI is InChI=1S/C10H21NO/c1-7(2)10-9(12)5-8(3)6-11(10)4/h7-10,12H,5-6H2,1-4H3/t8-,9+,10+/m1/s1. The Hall–Kier alpha value is -0.0800. The quantitative estimate of drug-likeness (QED) is 0.643. The minimum atomic E-state index is -0.126. The van der Waals surface area contributed by atoms with Crippen LogP contribution in [0.3, 0.4) is 0 Å². The van der Waals surface area contributed by atoms with Gasteiger partial charge in [0.05, 0.1) is 6.10 Å². The zero-order valence-electron chi connectivity index (χ0n) is 8.62. The van der Waals surface area contributed by atoms with E-state index < -0.39 is 0 Å². The summed E-state index contributed by atoms with van der Waals surface area (Å²) >= 11 is 0. The van der Waals surface area contributed by atoms with Gasteiger partial charge in [-0.2, -0.15) is 0 Å². The fraction of sp³-hybridized carbons (Fsp3) is 1.00. The van der Waals surface area contributed by atoms with Crippen LogP contribution in [0, 0.1) is 11.8 Å². The molecule has 0 aliphatic carbocycles. The van der Waals surface area contributed by atoms with E-state index >= 15 is 0 Å². The molecule has 0 aromatic heterocycles. The number of likely N-dealkylation sites (tertiary alicyclic amines) is 1. The van der Waals surface area contributed by atoms with Crippen molar-refractivity contribution < 1.29 is 5.11 Å². The maximum Gasteiger partial charge on any atom is 0.0700 e. The Balaban J connectivity index is 2.60. The molecule has 0 spiro atoms. The Labute approximate surface area is 75.6 Å². The van der Waals surface area contributed by atoms with E-state index in [9.17, 15) is 5.11 Å². The highest BCUT2D eigenvalue weighted by Gasteiger charge is 2.32. The molecule has 1 fully saturated rings. The average Bonchev–Trinajstić information content (AvgIpc) is 1.82. The molecule has 1 saturated heterocycles. The number of nitrogens with zero attached hydrogens (tertiary/aromatic N) is 1. The van der Waals surface area contributed by atoms with Gasteiger partial charge in [-0.1, -0.05) is 20.8 Å². The second-order valence-electron chi connectivity index (χ2n) is 4.58. The summed E-state index contributed by atoms with van der Waals surface area (Å²) in [6.45, 7) is 7.69. The van der Waals surface area contributed by atoms with Gasteiger partial charge in [-0.3, -0.25) is 0 Å². The lowest BCUT2D eigenvalue weighted by molar-refractivity contribution is -0.0179. The summed E-state index contributed by atoms with van der Waals surface area (Å²) in [7, 11) is 2.11. The van der Waals surface area contributed by atoms with E-state index in [-0.39, 0.29) is 6.10 Å². The van der Waals surface area contributed by atoms with Crippen LogP contribution in [0.1, 0.15) is 27.2 Å². The normalized spacial score (nSPS) is 39.0. The van der Waals surface area contributed by atoms with E-state index in [1.54, 1.807) is 0 Å². The molecule has 0 radical (unpaired) electrons. The zero-order chi connectivity index (χ0) is 9.30. The van der Waals surface area contributed by atoms with Crippen LogP contribution in [-0.4, -0.2) is 35.7 Å². The van der Waals surface area contributed by atoms with Crippen molar-refractivity contribution in [3.63, 3.8) is 0 Å². The number of hydrogen-bond donors (Lipinski definition) is 1. The van der Waals surface area contributed by atoms with Crippen molar-refractivity contribution in [3.8, 4) is 0 Å². The van der Waals surface area contributed by atoms with E-state index in [1.165, 1.54) is 0 Å². The highest BCUT2D eigenvalue weighted by molar-refractivity contribution is 4.86. The van der Waals surface area contributed by atoms with E-state index in [0.29, 0.717) is 17.9 Å². The molecular weight excluding hydrogens is 150 g/mol. The molecule has 0 amide bonds. The van der Waals surface area contributed by atoms with Crippen LogP contribution >= 0.6 is 0 Å². The summed E-state index contributed by atoms with van der Waals surface area (Å²) in [5, 5.41) is 9.84. The van der Waals surface area contributed by atoms with Crippen LogP contribution < -0.4 is 0 Å². The second-order valence-corrected chi connectivity index (χ2v) is 4.58. The largest absolute Gasteiger partial charge is 0.391 e. The Morgan fingerprint density at radius 3 is 2.42 bits per heavy atom. The average molecular weight is 171 g/mol. The highest BCUT2D eigenvalue weighted by Crippen LogP contribution is 2.25. The fourth-order valence-electron chi connectivity index (χ4n) is 2.49. The predicted octanol–water partition coefficient (Wildman–Crippen LogP) is 1.34. The third-order valence-corrected chi connectivity index (χ3v) is 2.83. The molecule has 1 aliphatic rings. The molecule has 1 N–H and O–H groups in total. The lowest BCUT2D eigenvalue weighted by atomic mass is 9.86. The number of piperidine rings is 1. The van der Waals surface area contributed by atoms with Gasteiger partial charge in [0, 0.05) is 12.6 Å². The SMILES string of the molecule is CC(C)[C@H]1[C@@H](O)C[C@@H](C)CN1C. The monoisotopic (exact) mass is 171 g/mol. The number of rotatable bonds is 1. The highest BCUT2D eigenvalue weighted by atomic mass is 16.3. The third-order valence-electron chi connectivity index (χ3n) is 2.83. The smallest absolute Gasteiger partial charge is 0.0700 e. The molecule has 12 heavy (non-hydrogen) atoms. The number of aliphatic hydroxyl groups excluding tert-OH is 1. The Kier molecular flexibility index (Phi) is 3.13. The van der Waals surface area contributed by atoms with Gasteiger partial charge in [-0.05, 0) is 25.3 Å². The van der Waals surface area contributed by atoms with Gasteiger partial charge in [-0.25, -0.2) is 0 Å². The summed E-state index contributed by atoms with van der Waals surface area (Å²) in [6.07, 6.45) is 0.839. The van der Waals surface area contributed by atoms with E-state index in [0.717, 1.165) is 13.0 Å². The first-order valence-corrected chi connectivity index (χ1v) is 4.90. The minimum absolute atomic E-state index is 0.126. The molecule has 72 valence electrons. The molecule has 0 saturated carbocycles. The van der Waals surface area contributed by atoms with Gasteiger partial charge in [-0.15, -0.1) is 0 Å². The van der Waals surface area contributed by atoms with Crippen molar-refractivity contribution in [2.45, 2.75) is 39.3 Å². The summed E-state index contributed by atoms with van der Waals surface area (Å²) in [6, 6.07) is 0.362. The van der Waals surface area contributed by atoms with Crippen molar-refractivity contribution >= 4 is 0 Å². The Morgan fingerprint density at radius 1 is 1.42 bits per heavy atom. The van der Waals surface area contributed by atoms with Crippen molar-refractivity contribution in [3.05, 3.63) is 0 Å². The Bertz CT molecular complexity index is 135. The maximum atomic E-state index is 9.84. The zero-order valence-corrected chi connectivity index (χ0v) is 8.62. The van der Waals surface area contributed by atoms with Crippen LogP contribution in [0.4, 0.5) is 0 Å². The van der Waals surface area contributed by atoms with Gasteiger partial charge >= 0.3 is 0 Å². The van der Waals surface area contributed by atoms with Crippen molar-refractivity contribution in [1.82, 2.24) is 4.90 Å². The van der Waals surface area contributed by atoms with Crippen LogP contribution in [0.25, 0.3) is 0 Å². The molecule has 2 nitrogen and oxygen atoms in total.